The molecule has 0 atom stereocenters. The Hall–Kier alpha value is -3.67. The molecule has 0 aliphatic carbocycles. The summed E-state index contributed by atoms with van der Waals surface area (Å²) in [7, 11) is 1.61. The van der Waals surface area contributed by atoms with E-state index in [1.54, 1.807) is 25.6 Å². The molecule has 0 saturated carbocycles. The first-order valence-corrected chi connectivity index (χ1v) is 8.89. The molecule has 0 unspecified atom stereocenters. The number of nitrogens with two attached hydrogens (primary N) is 1. The Kier molecular flexibility index (Phi) is 6.73. The molecule has 142 valence electrons. The number of hydrogen-bond donors (Lipinski definition) is 1. The van der Waals surface area contributed by atoms with Crippen molar-refractivity contribution in [2.75, 3.05) is 13.7 Å². The third-order valence-electron chi connectivity index (χ3n) is 3.98. The van der Waals surface area contributed by atoms with E-state index in [1.807, 2.05) is 48.5 Å². The number of aromatic nitrogens is 1. The summed E-state index contributed by atoms with van der Waals surface area (Å²) in [6.45, 7) is 0.568. The second-order valence-electron chi connectivity index (χ2n) is 5.94. The molecule has 0 radical (unpaired) electrons. The highest BCUT2D eigenvalue weighted by molar-refractivity contribution is 5.96. The molecular weight excluding hydrogens is 352 g/mol. The predicted octanol–water partition coefficient (Wildman–Crippen LogP) is 3.45. The second-order valence-corrected chi connectivity index (χ2v) is 5.94. The summed E-state index contributed by atoms with van der Waals surface area (Å²) in [5.74, 6) is 1.58. The van der Waals surface area contributed by atoms with Crippen LogP contribution in [0.4, 0.5) is 0 Å². The minimum Gasteiger partial charge on any atom is -0.493 e. The van der Waals surface area contributed by atoms with Gasteiger partial charge in [0.15, 0.2) is 17.3 Å². The number of ether oxygens (including phenoxy) is 2. The molecule has 0 aliphatic rings. The maximum atomic E-state index is 5.87. The quantitative estimate of drug-likeness (QED) is 0.372. The summed E-state index contributed by atoms with van der Waals surface area (Å²) < 4.78 is 11.3. The van der Waals surface area contributed by atoms with E-state index in [4.69, 9.17) is 15.2 Å². The molecule has 0 amide bonds. The average Bonchev–Trinajstić information content (AvgIpc) is 2.75. The fourth-order valence-corrected chi connectivity index (χ4v) is 2.53. The SMILES string of the molecule is COc1cc(/C=N/N=C(\N)c2ccccn2)ccc1OCCc1ccccc1. The minimum atomic E-state index is 0.254. The highest BCUT2D eigenvalue weighted by Crippen LogP contribution is 2.27. The van der Waals surface area contributed by atoms with Crippen molar-refractivity contribution in [3.63, 3.8) is 0 Å². The van der Waals surface area contributed by atoms with Gasteiger partial charge in [-0.1, -0.05) is 36.4 Å². The second kappa shape index (κ2) is 9.87. The fraction of sp³-hybridized carbons (Fsp3) is 0.136. The zero-order valence-electron chi connectivity index (χ0n) is 15.7. The van der Waals surface area contributed by atoms with Crippen LogP contribution in [0, 0.1) is 0 Å². The molecule has 1 heterocycles. The van der Waals surface area contributed by atoms with Crippen LogP contribution in [0.1, 0.15) is 16.8 Å². The first-order chi connectivity index (χ1) is 13.8. The van der Waals surface area contributed by atoms with Gasteiger partial charge in [0.2, 0.25) is 0 Å². The highest BCUT2D eigenvalue weighted by Gasteiger charge is 2.05. The number of pyridine rings is 1. The Morgan fingerprint density at radius 3 is 2.61 bits per heavy atom. The van der Waals surface area contributed by atoms with Crippen LogP contribution in [0.25, 0.3) is 0 Å². The molecule has 0 bridgehead atoms. The lowest BCUT2D eigenvalue weighted by molar-refractivity contribution is 0.297. The summed E-state index contributed by atoms with van der Waals surface area (Å²) in [5.41, 5.74) is 8.51. The third-order valence-corrected chi connectivity index (χ3v) is 3.98. The Morgan fingerprint density at radius 2 is 1.86 bits per heavy atom. The molecule has 3 rings (SSSR count). The molecule has 0 fully saturated rings. The molecule has 0 aliphatic heterocycles. The lowest BCUT2D eigenvalue weighted by Crippen LogP contribution is -2.14. The van der Waals surface area contributed by atoms with E-state index in [2.05, 4.69) is 27.3 Å². The number of benzene rings is 2. The number of hydrogen-bond acceptors (Lipinski definition) is 5. The van der Waals surface area contributed by atoms with E-state index in [1.165, 1.54) is 5.56 Å². The van der Waals surface area contributed by atoms with Crippen molar-refractivity contribution >= 4 is 12.1 Å². The van der Waals surface area contributed by atoms with Crippen LogP contribution >= 0.6 is 0 Å². The number of rotatable bonds is 8. The van der Waals surface area contributed by atoms with E-state index < -0.39 is 0 Å². The van der Waals surface area contributed by atoms with E-state index in [0.717, 1.165) is 12.0 Å². The largest absolute Gasteiger partial charge is 0.493 e. The monoisotopic (exact) mass is 374 g/mol. The van der Waals surface area contributed by atoms with Crippen LogP contribution in [-0.2, 0) is 6.42 Å². The predicted molar refractivity (Wildman–Crippen MR) is 111 cm³/mol. The van der Waals surface area contributed by atoms with Crippen LogP contribution in [-0.4, -0.2) is 30.8 Å². The van der Waals surface area contributed by atoms with Gasteiger partial charge in [0.1, 0.15) is 5.69 Å². The number of amidine groups is 1. The summed E-state index contributed by atoms with van der Waals surface area (Å²) in [4.78, 5) is 4.13. The summed E-state index contributed by atoms with van der Waals surface area (Å²) in [6, 6.07) is 21.2. The van der Waals surface area contributed by atoms with E-state index >= 15 is 0 Å². The van der Waals surface area contributed by atoms with Gasteiger partial charge < -0.3 is 15.2 Å². The molecular formula is C22H22N4O2. The van der Waals surface area contributed by atoms with Crippen molar-refractivity contribution in [1.29, 1.82) is 0 Å². The molecule has 0 spiro atoms. The maximum Gasteiger partial charge on any atom is 0.171 e. The van der Waals surface area contributed by atoms with Gasteiger partial charge in [0.05, 0.1) is 19.9 Å². The summed E-state index contributed by atoms with van der Waals surface area (Å²) in [6.07, 6.45) is 4.09. The van der Waals surface area contributed by atoms with Crippen molar-refractivity contribution in [2.45, 2.75) is 6.42 Å². The first-order valence-electron chi connectivity index (χ1n) is 8.89. The maximum absolute atomic E-state index is 5.87. The smallest absolute Gasteiger partial charge is 0.171 e. The highest BCUT2D eigenvalue weighted by atomic mass is 16.5. The van der Waals surface area contributed by atoms with Gasteiger partial charge in [-0.3, -0.25) is 4.98 Å². The normalized spacial score (nSPS) is 11.5. The van der Waals surface area contributed by atoms with E-state index in [9.17, 15) is 0 Å². The van der Waals surface area contributed by atoms with Crippen LogP contribution in [0.5, 0.6) is 11.5 Å². The molecule has 0 saturated heterocycles. The summed E-state index contributed by atoms with van der Waals surface area (Å²) in [5, 5.41) is 8.01. The van der Waals surface area contributed by atoms with Gasteiger partial charge in [-0.25, -0.2) is 0 Å². The summed E-state index contributed by atoms with van der Waals surface area (Å²) >= 11 is 0. The molecule has 2 aromatic carbocycles. The van der Waals surface area contributed by atoms with E-state index in [-0.39, 0.29) is 5.84 Å². The van der Waals surface area contributed by atoms with Crippen molar-refractivity contribution in [3.05, 3.63) is 89.7 Å². The number of nitrogens with zero attached hydrogens (tertiary/aromatic N) is 3. The van der Waals surface area contributed by atoms with Crippen LogP contribution in [0.3, 0.4) is 0 Å². The lowest BCUT2D eigenvalue weighted by Gasteiger charge is -2.11. The minimum absolute atomic E-state index is 0.254. The first kappa shape index (κ1) is 19.1. The van der Waals surface area contributed by atoms with Crippen molar-refractivity contribution in [2.24, 2.45) is 15.9 Å². The van der Waals surface area contributed by atoms with E-state index in [0.29, 0.717) is 23.8 Å². The topological polar surface area (TPSA) is 82.1 Å². The average molecular weight is 374 g/mol. The third kappa shape index (κ3) is 5.41. The van der Waals surface area contributed by atoms with Gasteiger partial charge in [0, 0.05) is 12.6 Å². The number of methoxy groups -OCH3 is 1. The molecule has 6 nitrogen and oxygen atoms in total. The van der Waals surface area contributed by atoms with Crippen LogP contribution in [0.2, 0.25) is 0 Å². The fourth-order valence-electron chi connectivity index (χ4n) is 2.53. The van der Waals surface area contributed by atoms with Gasteiger partial charge in [0.25, 0.3) is 0 Å². The Morgan fingerprint density at radius 1 is 1.04 bits per heavy atom. The van der Waals surface area contributed by atoms with Crippen LogP contribution < -0.4 is 15.2 Å². The Labute approximate surface area is 164 Å². The molecule has 28 heavy (non-hydrogen) atoms. The van der Waals surface area contributed by atoms with Gasteiger partial charge in [-0.15, -0.1) is 5.10 Å². The van der Waals surface area contributed by atoms with Crippen molar-refractivity contribution in [3.8, 4) is 11.5 Å². The zero-order chi connectivity index (χ0) is 19.6. The Bertz CT molecular complexity index is 941. The van der Waals surface area contributed by atoms with Gasteiger partial charge >= 0.3 is 0 Å². The standard InChI is InChI=1S/C22H22N4O2/c1-27-21-15-18(16-25-26-22(23)19-9-5-6-13-24-19)10-11-20(21)28-14-12-17-7-3-2-4-8-17/h2-11,13,15-16H,12,14H2,1H3,(H2,23,26)/b25-16+. The van der Waals surface area contributed by atoms with Crippen molar-refractivity contribution < 1.29 is 9.47 Å². The Balaban J connectivity index is 1.62. The molecule has 2 N–H and O–H groups in total. The van der Waals surface area contributed by atoms with Crippen LogP contribution in [0.15, 0.2) is 83.1 Å². The van der Waals surface area contributed by atoms with Crippen molar-refractivity contribution in [1.82, 2.24) is 4.98 Å². The molecule has 3 aromatic rings. The lowest BCUT2D eigenvalue weighted by atomic mass is 10.2. The van der Waals surface area contributed by atoms with Gasteiger partial charge in [-0.2, -0.15) is 5.10 Å². The zero-order valence-corrected chi connectivity index (χ0v) is 15.7. The molecule has 6 heteroatoms. The van der Waals surface area contributed by atoms with Gasteiger partial charge in [-0.05, 0) is 41.5 Å². The molecule has 1 aromatic heterocycles.